The van der Waals surface area contributed by atoms with Crippen molar-refractivity contribution in [1.29, 1.82) is 0 Å². The molecule has 0 unspecified atom stereocenters. The number of halogens is 1. The summed E-state index contributed by atoms with van der Waals surface area (Å²) >= 11 is 5.11. The van der Waals surface area contributed by atoms with Crippen molar-refractivity contribution in [2.45, 2.75) is 49.5 Å². The molecular weight excluding hydrogens is 352 g/mol. The van der Waals surface area contributed by atoms with E-state index in [9.17, 15) is 4.79 Å². The molecule has 2 rings (SSSR count). The highest BCUT2D eigenvalue weighted by molar-refractivity contribution is 9.10. The number of rotatable bonds is 2. The lowest BCUT2D eigenvalue weighted by atomic mass is 10.1. The van der Waals surface area contributed by atoms with Crippen molar-refractivity contribution >= 4 is 33.8 Å². The lowest BCUT2D eigenvalue weighted by Crippen LogP contribution is -2.43. The number of amides is 1. The van der Waals surface area contributed by atoms with Gasteiger partial charge in [0.05, 0.1) is 5.03 Å². The van der Waals surface area contributed by atoms with Gasteiger partial charge < -0.3 is 9.64 Å². The van der Waals surface area contributed by atoms with E-state index in [1.165, 1.54) is 0 Å². The number of carbonyl (C=O) groups is 1. The summed E-state index contributed by atoms with van der Waals surface area (Å²) in [5, 5.41) is 1.36. The number of thioether (sulfide) groups is 1. The summed E-state index contributed by atoms with van der Waals surface area (Å²) < 4.78 is 6.29. The first kappa shape index (κ1) is 16.6. The van der Waals surface area contributed by atoms with Crippen molar-refractivity contribution in [2.24, 2.45) is 0 Å². The van der Waals surface area contributed by atoms with Crippen molar-refractivity contribution in [1.82, 2.24) is 9.88 Å². The minimum absolute atomic E-state index is 0.213. The number of nitrogens with zero attached hydrogens (tertiary/aromatic N) is 2. The van der Waals surface area contributed by atoms with E-state index in [2.05, 4.69) is 20.9 Å². The number of ether oxygens (including phenoxy) is 1. The molecular formula is C15H21BrN2O2S. The van der Waals surface area contributed by atoms with Gasteiger partial charge in [-0.2, -0.15) is 0 Å². The van der Waals surface area contributed by atoms with Crippen molar-refractivity contribution in [3.8, 4) is 0 Å². The highest BCUT2D eigenvalue weighted by atomic mass is 79.9. The molecule has 21 heavy (non-hydrogen) atoms. The molecule has 0 saturated carbocycles. The fraction of sp³-hybridized carbons (Fsp3) is 0.600. The average Bonchev–Trinajstić information content (AvgIpc) is 2.37. The number of pyridine rings is 1. The summed E-state index contributed by atoms with van der Waals surface area (Å²) in [4.78, 5) is 18.4. The molecule has 1 fully saturated rings. The second-order valence-corrected chi connectivity index (χ2v) is 8.24. The fourth-order valence-corrected chi connectivity index (χ4v) is 3.80. The molecule has 1 aromatic heterocycles. The summed E-state index contributed by atoms with van der Waals surface area (Å²) in [6, 6.07) is 5.90. The molecule has 1 saturated heterocycles. The van der Waals surface area contributed by atoms with E-state index in [-0.39, 0.29) is 6.09 Å². The van der Waals surface area contributed by atoms with Crippen LogP contribution in [0.5, 0.6) is 0 Å². The predicted octanol–water partition coefficient (Wildman–Crippen LogP) is 4.34. The molecule has 1 aliphatic rings. The van der Waals surface area contributed by atoms with Gasteiger partial charge in [0, 0.05) is 18.3 Å². The minimum atomic E-state index is -0.441. The lowest BCUT2D eigenvalue weighted by molar-refractivity contribution is 0.0220. The Morgan fingerprint density at radius 1 is 1.48 bits per heavy atom. The van der Waals surface area contributed by atoms with E-state index in [4.69, 9.17) is 4.74 Å². The molecule has 6 heteroatoms. The Morgan fingerprint density at radius 2 is 2.24 bits per heavy atom. The van der Waals surface area contributed by atoms with Crippen molar-refractivity contribution in [3.63, 3.8) is 0 Å². The van der Waals surface area contributed by atoms with Crippen molar-refractivity contribution in [2.75, 3.05) is 13.1 Å². The summed E-state index contributed by atoms with van der Waals surface area (Å²) in [7, 11) is 0. The molecule has 1 aliphatic heterocycles. The van der Waals surface area contributed by atoms with Gasteiger partial charge in [-0.15, -0.1) is 11.8 Å². The molecule has 1 atom stereocenters. The summed E-state index contributed by atoms with van der Waals surface area (Å²) in [6.45, 7) is 7.18. The summed E-state index contributed by atoms with van der Waals surface area (Å²) in [6.07, 6.45) is 1.89. The van der Waals surface area contributed by atoms with Crippen molar-refractivity contribution < 1.29 is 9.53 Å². The van der Waals surface area contributed by atoms with Crippen LogP contribution in [0.15, 0.2) is 27.8 Å². The van der Waals surface area contributed by atoms with Crippen LogP contribution in [0.4, 0.5) is 4.79 Å². The number of piperidine rings is 1. The number of hydrogen-bond acceptors (Lipinski definition) is 4. The van der Waals surface area contributed by atoms with Crippen LogP contribution in [0, 0.1) is 0 Å². The Bertz CT molecular complexity index is 505. The van der Waals surface area contributed by atoms with Gasteiger partial charge in [0.1, 0.15) is 10.2 Å². The zero-order valence-electron chi connectivity index (χ0n) is 12.6. The average molecular weight is 373 g/mol. The molecule has 0 radical (unpaired) electrons. The molecule has 1 amide bonds. The summed E-state index contributed by atoms with van der Waals surface area (Å²) in [5.41, 5.74) is -0.441. The van der Waals surface area contributed by atoms with Gasteiger partial charge in [-0.05, 0) is 61.7 Å². The highest BCUT2D eigenvalue weighted by Gasteiger charge is 2.28. The monoisotopic (exact) mass is 372 g/mol. The van der Waals surface area contributed by atoms with E-state index in [1.807, 2.05) is 43.9 Å². The number of aromatic nitrogens is 1. The van der Waals surface area contributed by atoms with E-state index in [0.717, 1.165) is 29.0 Å². The van der Waals surface area contributed by atoms with Crippen LogP contribution in [0.2, 0.25) is 0 Å². The maximum absolute atomic E-state index is 12.1. The Labute approximate surface area is 138 Å². The zero-order chi connectivity index (χ0) is 15.5. The van der Waals surface area contributed by atoms with E-state index in [0.29, 0.717) is 11.8 Å². The first-order chi connectivity index (χ1) is 9.83. The molecule has 0 aliphatic carbocycles. The van der Waals surface area contributed by atoms with Crippen LogP contribution in [0.25, 0.3) is 0 Å². The van der Waals surface area contributed by atoms with Gasteiger partial charge >= 0.3 is 6.09 Å². The second kappa shape index (κ2) is 7.01. The molecule has 0 aromatic carbocycles. The molecule has 0 spiro atoms. The molecule has 1 aromatic rings. The molecule has 4 nitrogen and oxygen atoms in total. The van der Waals surface area contributed by atoms with Gasteiger partial charge in [-0.3, -0.25) is 0 Å². The van der Waals surface area contributed by atoms with E-state index in [1.54, 1.807) is 11.8 Å². The minimum Gasteiger partial charge on any atom is -0.444 e. The van der Waals surface area contributed by atoms with Crippen LogP contribution in [-0.4, -0.2) is 39.9 Å². The highest BCUT2D eigenvalue weighted by Crippen LogP contribution is 2.29. The van der Waals surface area contributed by atoms with E-state index < -0.39 is 5.60 Å². The van der Waals surface area contributed by atoms with Crippen LogP contribution in [0.1, 0.15) is 33.6 Å². The number of likely N-dealkylation sites (tertiary alicyclic amines) is 1. The zero-order valence-corrected chi connectivity index (χ0v) is 15.0. The molecule has 2 heterocycles. The van der Waals surface area contributed by atoms with Crippen molar-refractivity contribution in [3.05, 3.63) is 22.8 Å². The molecule has 0 bridgehead atoms. The molecule has 0 N–H and O–H groups in total. The maximum Gasteiger partial charge on any atom is 0.410 e. The van der Waals surface area contributed by atoms with Crippen LogP contribution in [-0.2, 0) is 4.74 Å². The van der Waals surface area contributed by atoms with Gasteiger partial charge in [-0.25, -0.2) is 9.78 Å². The lowest BCUT2D eigenvalue weighted by Gasteiger charge is -2.33. The van der Waals surface area contributed by atoms with Gasteiger partial charge in [0.2, 0.25) is 0 Å². The van der Waals surface area contributed by atoms with Gasteiger partial charge in [0.15, 0.2) is 0 Å². The standard InChI is InChI=1S/C15H21BrN2O2S/c1-15(2,3)20-14(19)18-9-5-6-11(10-18)21-13-8-4-7-12(16)17-13/h4,7-8,11H,5-6,9-10H2,1-3H3/t11-/m0/s1. The topological polar surface area (TPSA) is 42.4 Å². The Hall–Kier alpha value is -0.750. The Balaban J connectivity index is 1.93. The first-order valence-corrected chi connectivity index (χ1v) is 8.78. The van der Waals surface area contributed by atoms with Crippen LogP contribution in [0.3, 0.4) is 0 Å². The second-order valence-electron chi connectivity index (χ2n) is 6.11. The fourth-order valence-electron chi connectivity index (χ4n) is 2.15. The van der Waals surface area contributed by atoms with Crippen LogP contribution >= 0.6 is 27.7 Å². The largest absolute Gasteiger partial charge is 0.444 e. The first-order valence-electron chi connectivity index (χ1n) is 7.10. The third kappa shape index (κ3) is 5.51. The Kier molecular flexibility index (Phi) is 5.54. The predicted molar refractivity (Wildman–Crippen MR) is 88.6 cm³/mol. The third-order valence-corrected chi connectivity index (χ3v) is 4.64. The number of hydrogen-bond donors (Lipinski definition) is 0. The third-order valence-electron chi connectivity index (χ3n) is 3.01. The SMILES string of the molecule is CC(C)(C)OC(=O)N1CCC[C@H](Sc2cccc(Br)n2)C1. The van der Waals surface area contributed by atoms with Gasteiger partial charge in [0.25, 0.3) is 0 Å². The summed E-state index contributed by atoms with van der Waals surface area (Å²) in [5.74, 6) is 0. The normalized spacial score (nSPS) is 19.4. The van der Waals surface area contributed by atoms with Gasteiger partial charge in [-0.1, -0.05) is 6.07 Å². The quantitative estimate of drug-likeness (QED) is 0.724. The Morgan fingerprint density at radius 3 is 2.90 bits per heavy atom. The molecule has 116 valence electrons. The van der Waals surface area contributed by atoms with Crippen LogP contribution < -0.4 is 0 Å². The number of carbonyl (C=O) groups excluding carboxylic acids is 1. The smallest absolute Gasteiger partial charge is 0.410 e. The maximum atomic E-state index is 12.1. The van der Waals surface area contributed by atoms with E-state index >= 15 is 0 Å².